The fraction of sp³-hybridized carbons (Fsp3) is 0.833. The fourth-order valence-electron chi connectivity index (χ4n) is 2.87. The average Bonchev–Trinajstić information content (AvgIpc) is 2.20. The highest BCUT2D eigenvalue weighted by Gasteiger charge is 2.35. The highest BCUT2D eigenvalue weighted by atomic mass is 16.1. The normalized spacial score (nSPS) is 34.6. The third kappa shape index (κ3) is 1.89. The van der Waals surface area contributed by atoms with Crippen molar-refractivity contribution in [1.82, 2.24) is 0 Å². The second-order valence-corrected chi connectivity index (χ2v) is 4.64. The molecule has 2 aliphatic rings. The Labute approximate surface area is 85.1 Å². The van der Waals surface area contributed by atoms with Gasteiger partial charge in [-0.1, -0.05) is 12.8 Å². The molecule has 0 heterocycles. The first-order valence-electron chi connectivity index (χ1n) is 5.84. The minimum atomic E-state index is 0.0940. The number of hydrogen-bond acceptors (Lipinski definition) is 2. The molecule has 2 heteroatoms. The minimum absolute atomic E-state index is 0.0940. The first-order chi connectivity index (χ1) is 6.79. The van der Waals surface area contributed by atoms with Crippen LogP contribution in [-0.4, -0.2) is 11.6 Å². The molecular formula is C12H18O2. The molecule has 2 aliphatic carbocycles. The zero-order valence-electron chi connectivity index (χ0n) is 8.63. The lowest BCUT2D eigenvalue weighted by Gasteiger charge is -2.30. The molecule has 0 radical (unpaired) electrons. The van der Waals surface area contributed by atoms with E-state index in [0.29, 0.717) is 24.4 Å². The van der Waals surface area contributed by atoms with Crippen LogP contribution in [0.1, 0.15) is 51.4 Å². The van der Waals surface area contributed by atoms with Crippen molar-refractivity contribution in [2.75, 3.05) is 0 Å². The Kier molecular flexibility index (Phi) is 2.99. The van der Waals surface area contributed by atoms with Crippen molar-refractivity contribution in [3.05, 3.63) is 0 Å². The fourth-order valence-corrected chi connectivity index (χ4v) is 2.87. The van der Waals surface area contributed by atoms with E-state index in [1.165, 1.54) is 0 Å². The van der Waals surface area contributed by atoms with E-state index in [0.717, 1.165) is 38.5 Å². The van der Waals surface area contributed by atoms with E-state index < -0.39 is 0 Å². The Morgan fingerprint density at radius 1 is 0.714 bits per heavy atom. The maximum absolute atomic E-state index is 11.7. The number of hydrogen-bond donors (Lipinski definition) is 0. The van der Waals surface area contributed by atoms with Gasteiger partial charge >= 0.3 is 0 Å². The zero-order valence-corrected chi connectivity index (χ0v) is 8.63. The molecule has 0 saturated heterocycles. The first-order valence-corrected chi connectivity index (χ1v) is 5.84. The lowest BCUT2D eigenvalue weighted by atomic mass is 9.72. The van der Waals surface area contributed by atoms with Gasteiger partial charge in [0.2, 0.25) is 0 Å². The van der Waals surface area contributed by atoms with E-state index >= 15 is 0 Å². The summed E-state index contributed by atoms with van der Waals surface area (Å²) in [5, 5.41) is 0. The van der Waals surface area contributed by atoms with Crippen LogP contribution < -0.4 is 0 Å². The van der Waals surface area contributed by atoms with Crippen LogP contribution in [0.15, 0.2) is 0 Å². The molecule has 0 aliphatic heterocycles. The van der Waals surface area contributed by atoms with Gasteiger partial charge in [-0.3, -0.25) is 9.59 Å². The van der Waals surface area contributed by atoms with Crippen molar-refractivity contribution in [2.24, 2.45) is 11.8 Å². The predicted octanol–water partition coefficient (Wildman–Crippen LogP) is 2.51. The van der Waals surface area contributed by atoms with Gasteiger partial charge in [0, 0.05) is 24.7 Å². The Hall–Kier alpha value is -0.660. The maximum atomic E-state index is 11.7. The van der Waals surface area contributed by atoms with E-state index in [1.807, 2.05) is 0 Å². The summed E-state index contributed by atoms with van der Waals surface area (Å²) >= 11 is 0. The Morgan fingerprint density at radius 3 is 1.50 bits per heavy atom. The van der Waals surface area contributed by atoms with Crippen LogP contribution in [0.2, 0.25) is 0 Å². The van der Waals surface area contributed by atoms with Crippen LogP contribution in [0.4, 0.5) is 0 Å². The van der Waals surface area contributed by atoms with Gasteiger partial charge in [0.15, 0.2) is 0 Å². The number of carbonyl (C=O) groups excluding carboxylic acids is 2. The monoisotopic (exact) mass is 194 g/mol. The van der Waals surface area contributed by atoms with Gasteiger partial charge in [-0.05, 0) is 25.7 Å². The van der Waals surface area contributed by atoms with Crippen molar-refractivity contribution in [1.29, 1.82) is 0 Å². The van der Waals surface area contributed by atoms with Gasteiger partial charge in [-0.15, -0.1) is 0 Å². The smallest absolute Gasteiger partial charge is 0.136 e. The van der Waals surface area contributed by atoms with Crippen LogP contribution in [0.3, 0.4) is 0 Å². The summed E-state index contributed by atoms with van der Waals surface area (Å²) in [5.74, 6) is 0.904. The molecular weight excluding hydrogens is 176 g/mol. The molecule has 2 fully saturated rings. The molecule has 0 aromatic heterocycles. The van der Waals surface area contributed by atoms with Crippen LogP contribution in [0, 0.1) is 11.8 Å². The standard InChI is InChI=1S/C12H18O2/c13-11-7-3-1-5-9(11)10-6-2-4-8-12(10)14/h9-10H,1-8H2/t9-,10-/m1/s1. The van der Waals surface area contributed by atoms with Crippen molar-refractivity contribution < 1.29 is 9.59 Å². The molecule has 2 atom stereocenters. The lowest BCUT2D eigenvalue weighted by Crippen LogP contribution is -2.33. The highest BCUT2D eigenvalue weighted by Crippen LogP contribution is 2.34. The number of Topliss-reactive ketones (excluding diaryl/α,β-unsaturated/α-hetero) is 2. The molecule has 0 aromatic rings. The number of ketones is 2. The van der Waals surface area contributed by atoms with E-state index in [2.05, 4.69) is 0 Å². The summed E-state index contributed by atoms with van der Waals surface area (Å²) in [6.07, 6.45) is 7.72. The third-order valence-electron chi connectivity index (χ3n) is 3.69. The lowest BCUT2D eigenvalue weighted by molar-refractivity contribution is -0.135. The molecule has 0 N–H and O–H groups in total. The van der Waals surface area contributed by atoms with E-state index in [4.69, 9.17) is 0 Å². The van der Waals surface area contributed by atoms with Crippen molar-refractivity contribution >= 4 is 11.6 Å². The largest absolute Gasteiger partial charge is 0.299 e. The molecule has 0 unspecified atom stereocenters. The average molecular weight is 194 g/mol. The van der Waals surface area contributed by atoms with Gasteiger partial charge in [0.1, 0.15) is 11.6 Å². The van der Waals surface area contributed by atoms with Crippen molar-refractivity contribution in [2.45, 2.75) is 51.4 Å². The van der Waals surface area contributed by atoms with Gasteiger partial charge in [0.05, 0.1) is 0 Å². The van der Waals surface area contributed by atoms with Crippen LogP contribution in [-0.2, 0) is 9.59 Å². The quantitative estimate of drug-likeness (QED) is 0.642. The summed E-state index contributed by atoms with van der Waals surface area (Å²) in [7, 11) is 0. The third-order valence-corrected chi connectivity index (χ3v) is 3.69. The summed E-state index contributed by atoms with van der Waals surface area (Å²) in [5.41, 5.74) is 0. The molecule has 0 bridgehead atoms. The summed E-state index contributed by atoms with van der Waals surface area (Å²) in [4.78, 5) is 23.4. The molecule has 2 nitrogen and oxygen atoms in total. The highest BCUT2D eigenvalue weighted by molar-refractivity contribution is 5.90. The molecule has 0 aromatic carbocycles. The SMILES string of the molecule is O=C1CCCC[C@@H]1[C@H]1CCCCC1=O. The Bertz CT molecular complexity index is 219. The van der Waals surface area contributed by atoms with E-state index in [9.17, 15) is 9.59 Å². The molecule has 14 heavy (non-hydrogen) atoms. The zero-order chi connectivity index (χ0) is 9.97. The van der Waals surface area contributed by atoms with E-state index in [-0.39, 0.29) is 11.8 Å². The van der Waals surface area contributed by atoms with Gasteiger partial charge in [0.25, 0.3) is 0 Å². The van der Waals surface area contributed by atoms with E-state index in [1.54, 1.807) is 0 Å². The van der Waals surface area contributed by atoms with Crippen LogP contribution in [0.25, 0.3) is 0 Å². The Balaban J connectivity index is 2.04. The van der Waals surface area contributed by atoms with Crippen molar-refractivity contribution in [3.8, 4) is 0 Å². The Morgan fingerprint density at radius 2 is 1.14 bits per heavy atom. The second-order valence-electron chi connectivity index (χ2n) is 4.64. The molecule has 2 saturated carbocycles. The summed E-state index contributed by atoms with van der Waals surface area (Å²) in [6.45, 7) is 0. The molecule has 78 valence electrons. The summed E-state index contributed by atoms with van der Waals surface area (Å²) in [6, 6.07) is 0. The second kappa shape index (κ2) is 4.24. The predicted molar refractivity (Wildman–Crippen MR) is 53.9 cm³/mol. The first kappa shape index (κ1) is 9.88. The minimum Gasteiger partial charge on any atom is -0.299 e. The van der Waals surface area contributed by atoms with Gasteiger partial charge in [-0.2, -0.15) is 0 Å². The topological polar surface area (TPSA) is 34.1 Å². The van der Waals surface area contributed by atoms with Crippen molar-refractivity contribution in [3.63, 3.8) is 0 Å². The maximum Gasteiger partial charge on any atom is 0.136 e. The van der Waals surface area contributed by atoms with Crippen LogP contribution in [0.5, 0.6) is 0 Å². The summed E-state index contributed by atoms with van der Waals surface area (Å²) < 4.78 is 0. The number of carbonyl (C=O) groups is 2. The number of rotatable bonds is 1. The van der Waals surface area contributed by atoms with Gasteiger partial charge in [-0.25, -0.2) is 0 Å². The molecule has 2 rings (SSSR count). The van der Waals surface area contributed by atoms with Crippen LogP contribution >= 0.6 is 0 Å². The van der Waals surface area contributed by atoms with Gasteiger partial charge < -0.3 is 0 Å². The molecule has 0 amide bonds. The molecule has 0 spiro atoms.